The van der Waals surface area contributed by atoms with Crippen LogP contribution in [0.2, 0.25) is 0 Å². The third kappa shape index (κ3) is 3.18. The molecule has 2 rings (SSSR count). The van der Waals surface area contributed by atoms with Gasteiger partial charge in [-0.05, 0) is 31.4 Å². The molecule has 1 aliphatic rings. The van der Waals surface area contributed by atoms with E-state index in [4.69, 9.17) is 10.7 Å². The van der Waals surface area contributed by atoms with Crippen LogP contribution in [0.5, 0.6) is 0 Å². The Bertz CT molecular complexity index is 678. The van der Waals surface area contributed by atoms with Crippen molar-refractivity contribution in [3.05, 3.63) is 29.3 Å². The van der Waals surface area contributed by atoms with Gasteiger partial charge in [0.25, 0.3) is 15.0 Å². The summed E-state index contributed by atoms with van der Waals surface area (Å²) >= 11 is 0. The molecule has 0 saturated carbocycles. The molecule has 1 saturated heterocycles. The largest absolute Gasteiger partial charge is 0.336 e. The molecule has 1 heterocycles. The summed E-state index contributed by atoms with van der Waals surface area (Å²) in [5.74, 6) is -3.48. The van der Waals surface area contributed by atoms with Crippen LogP contribution in [0.3, 0.4) is 0 Å². The highest BCUT2D eigenvalue weighted by Crippen LogP contribution is 2.26. The average molecular weight is 338 g/mol. The van der Waals surface area contributed by atoms with E-state index in [9.17, 15) is 22.0 Å². The number of nitrogens with zero attached hydrogens (tertiary/aromatic N) is 1. The van der Waals surface area contributed by atoms with Crippen LogP contribution in [0.25, 0.3) is 0 Å². The first-order chi connectivity index (χ1) is 9.75. The smallest absolute Gasteiger partial charge is 0.261 e. The number of likely N-dealkylation sites (tertiary alicyclic amines) is 1. The minimum absolute atomic E-state index is 0.0452. The number of hydrogen-bond acceptors (Lipinski definition) is 3. The van der Waals surface area contributed by atoms with Gasteiger partial charge < -0.3 is 4.90 Å². The van der Waals surface area contributed by atoms with E-state index in [0.717, 1.165) is 18.9 Å². The number of amides is 1. The number of carbonyl (C=O) groups excluding carboxylic acids is 1. The topological polar surface area (TPSA) is 54.5 Å². The summed E-state index contributed by atoms with van der Waals surface area (Å²) in [6, 6.07) is 1.21. The molecule has 1 aromatic rings. The van der Waals surface area contributed by atoms with Gasteiger partial charge in [0.2, 0.25) is 0 Å². The Morgan fingerprint density at radius 3 is 2.67 bits per heavy atom. The molecule has 8 heteroatoms. The first-order valence-corrected chi connectivity index (χ1v) is 8.81. The van der Waals surface area contributed by atoms with Crippen molar-refractivity contribution in [1.29, 1.82) is 0 Å². The molecule has 1 aliphatic heterocycles. The monoisotopic (exact) mass is 337 g/mol. The molecule has 1 fully saturated rings. The lowest BCUT2D eigenvalue weighted by molar-refractivity contribution is 0.0727. The number of hydrogen-bond donors (Lipinski definition) is 0. The van der Waals surface area contributed by atoms with E-state index in [1.165, 1.54) is 4.90 Å². The van der Waals surface area contributed by atoms with Crippen LogP contribution in [0.4, 0.5) is 8.78 Å². The molecule has 1 aromatic carbocycles. The second kappa shape index (κ2) is 5.88. The van der Waals surface area contributed by atoms with Gasteiger partial charge in [0.15, 0.2) is 11.6 Å². The van der Waals surface area contributed by atoms with Crippen molar-refractivity contribution in [3.8, 4) is 0 Å². The number of rotatable bonds is 3. The molecule has 1 atom stereocenters. The summed E-state index contributed by atoms with van der Waals surface area (Å²) in [4.78, 5) is 13.2. The van der Waals surface area contributed by atoms with Crippen molar-refractivity contribution < 1.29 is 22.0 Å². The summed E-state index contributed by atoms with van der Waals surface area (Å²) < 4.78 is 49.9. The second-order valence-corrected chi connectivity index (χ2v) is 7.47. The molecule has 0 bridgehead atoms. The Balaban J connectivity index is 2.48. The normalized spacial score (nSPS) is 19.0. The van der Waals surface area contributed by atoms with Gasteiger partial charge in [0.1, 0.15) is 0 Å². The van der Waals surface area contributed by atoms with Gasteiger partial charge in [-0.3, -0.25) is 4.79 Å². The Kier molecular flexibility index (Phi) is 4.53. The van der Waals surface area contributed by atoms with Crippen LogP contribution in [0.15, 0.2) is 17.0 Å². The molecule has 21 heavy (non-hydrogen) atoms. The number of benzene rings is 1. The number of carbonyl (C=O) groups is 1. The van der Waals surface area contributed by atoms with Crippen LogP contribution in [-0.2, 0) is 9.05 Å². The summed E-state index contributed by atoms with van der Waals surface area (Å²) in [6.07, 6.45) is 2.27. The van der Waals surface area contributed by atoms with Crippen LogP contribution in [-0.4, -0.2) is 31.8 Å². The Hall–Kier alpha value is -1.21. The predicted molar refractivity (Wildman–Crippen MR) is 73.7 cm³/mol. The fourth-order valence-corrected chi connectivity index (χ4v) is 3.31. The fraction of sp³-hybridized carbons (Fsp3) is 0.462. The van der Waals surface area contributed by atoms with Gasteiger partial charge in [-0.15, -0.1) is 0 Å². The minimum Gasteiger partial charge on any atom is -0.336 e. The Morgan fingerprint density at radius 1 is 1.43 bits per heavy atom. The lowest BCUT2D eigenvalue weighted by atomic mass is 10.1. The zero-order valence-corrected chi connectivity index (χ0v) is 12.8. The van der Waals surface area contributed by atoms with Crippen LogP contribution in [0, 0.1) is 11.6 Å². The molecule has 1 unspecified atom stereocenters. The lowest BCUT2D eigenvalue weighted by Crippen LogP contribution is -2.35. The van der Waals surface area contributed by atoms with Crippen molar-refractivity contribution in [2.24, 2.45) is 0 Å². The van der Waals surface area contributed by atoms with Crippen molar-refractivity contribution in [2.45, 2.75) is 37.1 Å². The highest BCUT2D eigenvalue weighted by atomic mass is 35.7. The van der Waals surface area contributed by atoms with Crippen LogP contribution < -0.4 is 0 Å². The SMILES string of the molecule is CCC1CCCN1C(=O)c1cc(S(=O)(=O)Cl)cc(F)c1F. The van der Waals surface area contributed by atoms with E-state index in [2.05, 4.69) is 0 Å². The van der Waals surface area contributed by atoms with Crippen LogP contribution >= 0.6 is 10.7 Å². The molecule has 0 radical (unpaired) electrons. The van der Waals surface area contributed by atoms with Gasteiger partial charge in [-0.1, -0.05) is 6.92 Å². The zero-order valence-electron chi connectivity index (χ0n) is 11.3. The summed E-state index contributed by atoms with van der Waals surface area (Å²) in [6.45, 7) is 2.34. The van der Waals surface area contributed by atoms with E-state index in [-0.39, 0.29) is 6.04 Å². The highest BCUT2D eigenvalue weighted by Gasteiger charge is 2.31. The molecule has 116 valence electrons. The summed E-state index contributed by atoms with van der Waals surface area (Å²) in [5.41, 5.74) is -0.602. The predicted octanol–water partition coefficient (Wildman–Crippen LogP) is 2.91. The summed E-state index contributed by atoms with van der Waals surface area (Å²) in [7, 11) is 0.887. The molecular weight excluding hydrogens is 324 g/mol. The first kappa shape index (κ1) is 16.2. The van der Waals surface area contributed by atoms with E-state index in [1.807, 2.05) is 6.92 Å². The molecule has 1 amide bonds. The van der Waals surface area contributed by atoms with Gasteiger partial charge in [0, 0.05) is 23.3 Å². The maximum absolute atomic E-state index is 13.8. The molecule has 0 aliphatic carbocycles. The van der Waals surface area contributed by atoms with Gasteiger partial charge in [-0.2, -0.15) is 0 Å². The molecule has 0 N–H and O–H groups in total. The average Bonchev–Trinajstić information content (AvgIpc) is 2.88. The third-order valence-corrected chi connectivity index (χ3v) is 4.96. The Morgan fingerprint density at radius 2 is 2.10 bits per heavy atom. The molecule has 0 aromatic heterocycles. The van der Waals surface area contributed by atoms with E-state index in [1.54, 1.807) is 0 Å². The van der Waals surface area contributed by atoms with Crippen molar-refractivity contribution in [1.82, 2.24) is 4.90 Å². The maximum Gasteiger partial charge on any atom is 0.261 e. The van der Waals surface area contributed by atoms with E-state index >= 15 is 0 Å². The van der Waals surface area contributed by atoms with E-state index < -0.39 is 37.1 Å². The molecule has 0 spiro atoms. The number of halogens is 3. The van der Waals surface area contributed by atoms with Gasteiger partial charge in [0.05, 0.1) is 10.5 Å². The molecule has 4 nitrogen and oxygen atoms in total. The van der Waals surface area contributed by atoms with Crippen LogP contribution in [0.1, 0.15) is 36.5 Å². The van der Waals surface area contributed by atoms with Crippen molar-refractivity contribution in [3.63, 3.8) is 0 Å². The quantitative estimate of drug-likeness (QED) is 0.797. The lowest BCUT2D eigenvalue weighted by Gasteiger charge is -2.24. The second-order valence-electron chi connectivity index (χ2n) is 4.91. The summed E-state index contributed by atoms with van der Waals surface area (Å²) in [5, 5.41) is 0. The molecular formula is C13H14ClF2NO3S. The van der Waals surface area contributed by atoms with E-state index in [0.29, 0.717) is 19.0 Å². The van der Waals surface area contributed by atoms with Crippen molar-refractivity contribution >= 4 is 25.6 Å². The fourth-order valence-electron chi connectivity index (χ4n) is 2.54. The third-order valence-electron chi connectivity index (χ3n) is 3.62. The minimum atomic E-state index is -4.25. The standard InChI is InChI=1S/C13H14ClF2NO3S/c1-2-8-4-3-5-17(8)13(18)10-6-9(21(14,19)20)7-11(15)12(10)16/h6-8H,2-5H2,1H3. The van der Waals surface area contributed by atoms with Gasteiger partial charge >= 0.3 is 0 Å². The van der Waals surface area contributed by atoms with Crippen molar-refractivity contribution in [2.75, 3.05) is 6.54 Å². The zero-order chi connectivity index (χ0) is 15.8. The first-order valence-electron chi connectivity index (χ1n) is 6.50. The highest BCUT2D eigenvalue weighted by molar-refractivity contribution is 8.13. The maximum atomic E-state index is 13.8. The van der Waals surface area contributed by atoms with Gasteiger partial charge in [-0.25, -0.2) is 17.2 Å². The Labute approximate surface area is 126 Å².